The molecule has 0 radical (unpaired) electrons. The van der Waals surface area contributed by atoms with Gasteiger partial charge in [0.05, 0.1) is 11.8 Å². The van der Waals surface area contributed by atoms with E-state index >= 15 is 0 Å². The molecule has 2 rings (SSSR count). The maximum absolute atomic E-state index is 12.2. The Morgan fingerprint density at radius 1 is 1.15 bits per heavy atom. The standard InChI is InChI=1S/C15H20N2O3/c1-17(2)11-8-6-10(7-9-11)16-14(18)12-4-3-5-13(12)15(19)20/h6-9,12-13H,3-5H2,1-2H3,(H,16,18)(H,19,20). The number of nitrogens with one attached hydrogen (secondary N) is 1. The van der Waals surface area contributed by atoms with Crippen molar-refractivity contribution in [2.24, 2.45) is 11.8 Å². The van der Waals surface area contributed by atoms with Crippen molar-refractivity contribution in [1.82, 2.24) is 0 Å². The smallest absolute Gasteiger partial charge is 0.307 e. The molecule has 0 aliphatic heterocycles. The molecule has 0 spiro atoms. The molecule has 2 unspecified atom stereocenters. The van der Waals surface area contributed by atoms with Gasteiger partial charge in [0.15, 0.2) is 0 Å². The second-order valence-corrected chi connectivity index (χ2v) is 5.41. The van der Waals surface area contributed by atoms with E-state index < -0.39 is 17.8 Å². The Morgan fingerprint density at radius 2 is 1.75 bits per heavy atom. The summed E-state index contributed by atoms with van der Waals surface area (Å²) in [5.41, 5.74) is 1.75. The molecule has 5 nitrogen and oxygen atoms in total. The van der Waals surface area contributed by atoms with Crippen LogP contribution in [0.4, 0.5) is 11.4 Å². The van der Waals surface area contributed by atoms with Gasteiger partial charge in [-0.1, -0.05) is 6.42 Å². The molecule has 0 aromatic heterocycles. The molecule has 108 valence electrons. The van der Waals surface area contributed by atoms with Gasteiger partial charge in [0.25, 0.3) is 0 Å². The van der Waals surface area contributed by atoms with Crippen molar-refractivity contribution in [2.45, 2.75) is 19.3 Å². The molecular weight excluding hydrogens is 256 g/mol. The zero-order chi connectivity index (χ0) is 14.7. The summed E-state index contributed by atoms with van der Waals surface area (Å²) < 4.78 is 0. The monoisotopic (exact) mass is 276 g/mol. The van der Waals surface area contributed by atoms with Crippen molar-refractivity contribution in [3.05, 3.63) is 24.3 Å². The van der Waals surface area contributed by atoms with Crippen molar-refractivity contribution >= 4 is 23.3 Å². The number of anilines is 2. The molecule has 0 saturated heterocycles. The normalized spacial score (nSPS) is 21.5. The van der Waals surface area contributed by atoms with Gasteiger partial charge >= 0.3 is 5.97 Å². The second kappa shape index (κ2) is 5.94. The zero-order valence-corrected chi connectivity index (χ0v) is 11.8. The lowest BCUT2D eigenvalue weighted by Crippen LogP contribution is -2.29. The largest absolute Gasteiger partial charge is 0.481 e. The number of carboxylic acid groups (broad SMARTS) is 1. The van der Waals surface area contributed by atoms with Gasteiger partial charge in [-0.15, -0.1) is 0 Å². The maximum atomic E-state index is 12.2. The minimum absolute atomic E-state index is 0.187. The molecule has 1 aromatic carbocycles. The van der Waals surface area contributed by atoms with E-state index in [-0.39, 0.29) is 5.91 Å². The Kier molecular flexibility index (Phi) is 4.27. The fraction of sp³-hybridized carbons (Fsp3) is 0.467. The van der Waals surface area contributed by atoms with Crippen LogP contribution >= 0.6 is 0 Å². The Balaban J connectivity index is 2.02. The summed E-state index contributed by atoms with van der Waals surface area (Å²) in [6, 6.07) is 7.49. The van der Waals surface area contributed by atoms with E-state index in [1.54, 1.807) is 0 Å². The molecule has 2 atom stereocenters. The van der Waals surface area contributed by atoms with E-state index in [4.69, 9.17) is 5.11 Å². The van der Waals surface area contributed by atoms with Crippen LogP contribution in [0.3, 0.4) is 0 Å². The first-order valence-electron chi connectivity index (χ1n) is 6.80. The van der Waals surface area contributed by atoms with Gasteiger partial charge in [-0.2, -0.15) is 0 Å². The highest BCUT2D eigenvalue weighted by Gasteiger charge is 2.37. The Hall–Kier alpha value is -2.04. The highest BCUT2D eigenvalue weighted by Crippen LogP contribution is 2.33. The van der Waals surface area contributed by atoms with Crippen molar-refractivity contribution in [2.75, 3.05) is 24.3 Å². The molecule has 1 fully saturated rings. The van der Waals surface area contributed by atoms with Gasteiger partial charge in [0, 0.05) is 25.5 Å². The van der Waals surface area contributed by atoms with E-state index in [9.17, 15) is 9.59 Å². The summed E-state index contributed by atoms with van der Waals surface area (Å²) in [5, 5.41) is 11.9. The molecule has 20 heavy (non-hydrogen) atoms. The van der Waals surface area contributed by atoms with Crippen molar-refractivity contribution in [3.8, 4) is 0 Å². The molecule has 2 N–H and O–H groups in total. The number of rotatable bonds is 4. The number of carboxylic acids is 1. The molecule has 1 aliphatic rings. The summed E-state index contributed by atoms with van der Waals surface area (Å²) in [6.45, 7) is 0. The molecule has 5 heteroatoms. The quantitative estimate of drug-likeness (QED) is 0.884. The van der Waals surface area contributed by atoms with Gasteiger partial charge in [-0.3, -0.25) is 9.59 Å². The molecule has 1 saturated carbocycles. The number of aliphatic carboxylic acids is 1. The van der Waals surface area contributed by atoms with Crippen LogP contribution < -0.4 is 10.2 Å². The van der Waals surface area contributed by atoms with Crippen LogP contribution in [-0.4, -0.2) is 31.1 Å². The summed E-state index contributed by atoms with van der Waals surface area (Å²) in [5.74, 6) is -2.02. The second-order valence-electron chi connectivity index (χ2n) is 5.41. The molecule has 1 amide bonds. The van der Waals surface area contributed by atoms with Crippen LogP contribution in [0.15, 0.2) is 24.3 Å². The number of amides is 1. The Bertz CT molecular complexity index is 496. The molecule has 1 aromatic rings. The number of nitrogens with zero attached hydrogens (tertiary/aromatic N) is 1. The van der Waals surface area contributed by atoms with Gasteiger partial charge in [-0.05, 0) is 37.1 Å². The van der Waals surface area contributed by atoms with Crippen molar-refractivity contribution in [3.63, 3.8) is 0 Å². The van der Waals surface area contributed by atoms with Crippen LogP contribution in [0.5, 0.6) is 0 Å². The molecule has 0 heterocycles. The highest BCUT2D eigenvalue weighted by molar-refractivity contribution is 5.95. The third-order valence-electron chi connectivity index (χ3n) is 3.82. The van der Waals surface area contributed by atoms with Crippen LogP contribution in [0.25, 0.3) is 0 Å². The van der Waals surface area contributed by atoms with E-state index in [0.717, 1.165) is 12.1 Å². The molecule has 0 bridgehead atoms. The van der Waals surface area contributed by atoms with Crippen molar-refractivity contribution in [1.29, 1.82) is 0 Å². The van der Waals surface area contributed by atoms with Gasteiger partial charge in [0.1, 0.15) is 0 Å². The first-order valence-corrected chi connectivity index (χ1v) is 6.80. The number of hydrogen-bond acceptors (Lipinski definition) is 3. The average Bonchev–Trinajstić information content (AvgIpc) is 2.88. The number of carbonyl (C=O) groups is 2. The van der Waals surface area contributed by atoms with E-state index in [0.29, 0.717) is 18.5 Å². The molecule has 1 aliphatic carbocycles. The average molecular weight is 276 g/mol. The summed E-state index contributed by atoms with van der Waals surface area (Å²) in [6.07, 6.45) is 2.04. The fourth-order valence-electron chi connectivity index (χ4n) is 2.65. The predicted octanol–water partition coefficient (Wildman–Crippen LogP) is 2.19. The zero-order valence-electron chi connectivity index (χ0n) is 11.8. The first kappa shape index (κ1) is 14.4. The number of hydrogen-bond donors (Lipinski definition) is 2. The lowest BCUT2D eigenvalue weighted by atomic mass is 9.95. The fourth-order valence-corrected chi connectivity index (χ4v) is 2.65. The number of carbonyl (C=O) groups excluding carboxylic acids is 1. The SMILES string of the molecule is CN(C)c1ccc(NC(=O)C2CCCC2C(=O)O)cc1. The van der Waals surface area contributed by atoms with Crippen LogP contribution in [0.2, 0.25) is 0 Å². The minimum Gasteiger partial charge on any atom is -0.481 e. The van der Waals surface area contributed by atoms with Gasteiger partial charge < -0.3 is 15.3 Å². The van der Waals surface area contributed by atoms with Crippen LogP contribution in [-0.2, 0) is 9.59 Å². The number of benzene rings is 1. The lowest BCUT2D eigenvalue weighted by Gasteiger charge is -2.16. The van der Waals surface area contributed by atoms with Crippen LogP contribution in [0, 0.1) is 11.8 Å². The Labute approximate surface area is 118 Å². The van der Waals surface area contributed by atoms with Gasteiger partial charge in [-0.25, -0.2) is 0 Å². The third kappa shape index (κ3) is 3.10. The minimum atomic E-state index is -0.870. The van der Waals surface area contributed by atoms with E-state index in [1.165, 1.54) is 0 Å². The summed E-state index contributed by atoms with van der Waals surface area (Å²) in [7, 11) is 3.90. The van der Waals surface area contributed by atoms with Crippen molar-refractivity contribution < 1.29 is 14.7 Å². The third-order valence-corrected chi connectivity index (χ3v) is 3.82. The maximum Gasteiger partial charge on any atom is 0.307 e. The Morgan fingerprint density at radius 3 is 2.30 bits per heavy atom. The lowest BCUT2D eigenvalue weighted by molar-refractivity contribution is -0.145. The summed E-state index contributed by atoms with van der Waals surface area (Å²) in [4.78, 5) is 25.2. The first-order chi connectivity index (χ1) is 9.49. The van der Waals surface area contributed by atoms with E-state index in [2.05, 4.69) is 5.32 Å². The summed E-state index contributed by atoms with van der Waals surface area (Å²) >= 11 is 0. The predicted molar refractivity (Wildman–Crippen MR) is 77.9 cm³/mol. The van der Waals surface area contributed by atoms with Crippen LogP contribution in [0.1, 0.15) is 19.3 Å². The van der Waals surface area contributed by atoms with Gasteiger partial charge in [0.2, 0.25) is 5.91 Å². The van der Waals surface area contributed by atoms with E-state index in [1.807, 2.05) is 43.3 Å². The highest BCUT2D eigenvalue weighted by atomic mass is 16.4. The topological polar surface area (TPSA) is 69.6 Å². The molecular formula is C15H20N2O3.